The van der Waals surface area contributed by atoms with Crippen molar-refractivity contribution in [3.63, 3.8) is 0 Å². The molecule has 0 bridgehead atoms. The summed E-state index contributed by atoms with van der Waals surface area (Å²) in [5.41, 5.74) is 0.713. The van der Waals surface area contributed by atoms with Crippen LogP contribution in [0, 0.1) is 0 Å². The minimum Gasteiger partial charge on any atom is -0.467 e. The van der Waals surface area contributed by atoms with Crippen molar-refractivity contribution in [3.8, 4) is 5.75 Å². The van der Waals surface area contributed by atoms with Gasteiger partial charge in [-0.2, -0.15) is 8.42 Å². The number of anilines is 1. The molecule has 0 radical (unpaired) electrons. The summed E-state index contributed by atoms with van der Waals surface area (Å²) in [5, 5.41) is 5.51. The van der Waals surface area contributed by atoms with Gasteiger partial charge in [-0.15, -0.1) is 0 Å². The Morgan fingerprint density at radius 2 is 1.71 bits per heavy atom. The number of nitrogens with zero attached hydrogens (tertiary/aromatic N) is 1. The molecule has 0 aliphatic heterocycles. The van der Waals surface area contributed by atoms with Crippen LogP contribution in [0.2, 0.25) is 0 Å². The summed E-state index contributed by atoms with van der Waals surface area (Å²) >= 11 is 0. The average molecular weight is 500 g/mol. The predicted octanol–water partition coefficient (Wildman–Crippen LogP) is 4.52. The van der Waals surface area contributed by atoms with Crippen LogP contribution in [0.3, 0.4) is 0 Å². The Labute approximate surface area is 205 Å². The number of furan rings is 1. The van der Waals surface area contributed by atoms with E-state index >= 15 is 0 Å². The fraction of sp³-hybridized carbons (Fsp3) is 0.280. The van der Waals surface area contributed by atoms with Crippen molar-refractivity contribution in [2.45, 2.75) is 51.2 Å². The molecule has 0 aliphatic carbocycles. The maximum absolute atomic E-state index is 12.9. The van der Waals surface area contributed by atoms with Gasteiger partial charge in [-0.05, 0) is 74.9 Å². The highest BCUT2D eigenvalue weighted by atomic mass is 32.2. The summed E-state index contributed by atoms with van der Waals surface area (Å²) < 4.78 is 36.2. The summed E-state index contributed by atoms with van der Waals surface area (Å²) in [6.07, 6.45) is 1.54. The van der Waals surface area contributed by atoms with Crippen molar-refractivity contribution in [3.05, 3.63) is 78.3 Å². The Morgan fingerprint density at radius 1 is 1.00 bits per heavy atom. The Morgan fingerprint density at radius 3 is 2.31 bits per heavy atom. The monoisotopic (exact) mass is 499 g/mol. The third-order valence-electron chi connectivity index (χ3n) is 4.64. The molecule has 186 valence electrons. The molecule has 10 heteroatoms. The maximum Gasteiger partial charge on any atom is 0.339 e. The summed E-state index contributed by atoms with van der Waals surface area (Å²) in [7, 11) is -4.11. The quantitative estimate of drug-likeness (QED) is 0.440. The van der Waals surface area contributed by atoms with Crippen molar-refractivity contribution in [1.82, 2.24) is 10.2 Å². The highest BCUT2D eigenvalue weighted by Crippen LogP contribution is 2.22. The minimum atomic E-state index is -4.11. The van der Waals surface area contributed by atoms with Crippen molar-refractivity contribution < 1.29 is 26.6 Å². The number of hydrogen-bond acceptors (Lipinski definition) is 6. The van der Waals surface area contributed by atoms with Crippen LogP contribution < -0.4 is 14.8 Å². The van der Waals surface area contributed by atoms with Gasteiger partial charge in [0.1, 0.15) is 16.4 Å². The van der Waals surface area contributed by atoms with Gasteiger partial charge in [0.2, 0.25) is 5.91 Å². The Balaban J connectivity index is 1.77. The van der Waals surface area contributed by atoms with Crippen LogP contribution in [-0.4, -0.2) is 30.8 Å². The van der Waals surface area contributed by atoms with E-state index in [1.54, 1.807) is 35.2 Å². The second-order valence-corrected chi connectivity index (χ2v) is 10.6. The van der Waals surface area contributed by atoms with Crippen LogP contribution in [0.4, 0.5) is 10.5 Å². The molecule has 3 aromatic rings. The van der Waals surface area contributed by atoms with E-state index < -0.39 is 15.7 Å². The SMILES string of the molecule is CC(=O)Nc1ccc(S(=O)(=O)Oc2cccc(CN(Cc3ccco3)C(=O)NC(C)(C)C)c2)cc1. The minimum absolute atomic E-state index is 0.0546. The van der Waals surface area contributed by atoms with Crippen LogP contribution >= 0.6 is 0 Å². The van der Waals surface area contributed by atoms with E-state index in [-0.39, 0.29) is 35.7 Å². The normalized spacial score (nSPS) is 11.5. The van der Waals surface area contributed by atoms with Crippen molar-refractivity contribution in [2.75, 3.05) is 5.32 Å². The molecule has 3 rings (SSSR count). The molecule has 2 aromatic carbocycles. The molecule has 0 saturated carbocycles. The van der Waals surface area contributed by atoms with E-state index in [4.69, 9.17) is 8.60 Å². The molecular formula is C25H29N3O6S. The Hall–Kier alpha value is -3.79. The van der Waals surface area contributed by atoms with E-state index in [0.717, 1.165) is 0 Å². The van der Waals surface area contributed by atoms with E-state index in [1.165, 1.54) is 43.5 Å². The predicted molar refractivity (Wildman–Crippen MR) is 131 cm³/mol. The van der Waals surface area contributed by atoms with Crippen LogP contribution in [0.25, 0.3) is 0 Å². The van der Waals surface area contributed by atoms with Gasteiger partial charge < -0.3 is 24.1 Å². The van der Waals surface area contributed by atoms with E-state index in [9.17, 15) is 18.0 Å². The molecule has 0 unspecified atom stereocenters. The highest BCUT2D eigenvalue weighted by molar-refractivity contribution is 7.87. The topological polar surface area (TPSA) is 118 Å². The third kappa shape index (κ3) is 7.89. The standard InChI is InChI=1S/C25H29N3O6S/c1-18(29)26-20-10-12-23(13-11-20)35(31,32)34-21-8-5-7-19(15-21)16-28(17-22-9-6-14-33-22)24(30)27-25(2,3)4/h5-15H,16-17H2,1-4H3,(H,26,29)(H,27,30). The summed E-state index contributed by atoms with van der Waals surface area (Å²) in [4.78, 5) is 25.6. The van der Waals surface area contributed by atoms with Crippen LogP contribution in [0.5, 0.6) is 5.75 Å². The molecule has 2 N–H and O–H groups in total. The maximum atomic E-state index is 12.9. The number of rotatable bonds is 8. The lowest BCUT2D eigenvalue weighted by molar-refractivity contribution is -0.114. The number of amides is 3. The molecular weight excluding hydrogens is 470 g/mol. The first-order valence-corrected chi connectivity index (χ1v) is 12.3. The zero-order chi connectivity index (χ0) is 25.6. The molecule has 0 atom stereocenters. The molecule has 0 spiro atoms. The number of urea groups is 1. The highest BCUT2D eigenvalue weighted by Gasteiger charge is 2.22. The molecule has 9 nitrogen and oxygen atoms in total. The molecule has 0 fully saturated rings. The second kappa shape index (κ2) is 10.6. The smallest absolute Gasteiger partial charge is 0.339 e. The van der Waals surface area contributed by atoms with Gasteiger partial charge in [0.15, 0.2) is 0 Å². The lowest BCUT2D eigenvalue weighted by Gasteiger charge is -2.28. The zero-order valence-corrected chi connectivity index (χ0v) is 20.9. The Kier molecular flexibility index (Phi) is 7.85. The average Bonchev–Trinajstić information content (AvgIpc) is 3.25. The number of hydrogen-bond donors (Lipinski definition) is 2. The molecule has 1 heterocycles. The van der Waals surface area contributed by atoms with Crippen molar-refractivity contribution in [2.24, 2.45) is 0 Å². The van der Waals surface area contributed by atoms with Gasteiger partial charge in [-0.3, -0.25) is 4.79 Å². The van der Waals surface area contributed by atoms with Gasteiger partial charge in [0.05, 0.1) is 12.8 Å². The molecule has 1 aromatic heterocycles. The number of carbonyl (C=O) groups is 2. The third-order valence-corrected chi connectivity index (χ3v) is 5.90. The fourth-order valence-corrected chi connectivity index (χ4v) is 4.11. The van der Waals surface area contributed by atoms with Crippen LogP contribution in [-0.2, 0) is 28.0 Å². The first-order valence-electron chi connectivity index (χ1n) is 10.9. The van der Waals surface area contributed by atoms with Gasteiger partial charge in [-0.1, -0.05) is 12.1 Å². The second-order valence-electron chi connectivity index (χ2n) is 9.01. The summed E-state index contributed by atoms with van der Waals surface area (Å²) in [6, 6.07) is 15.4. The van der Waals surface area contributed by atoms with Gasteiger partial charge in [0, 0.05) is 24.7 Å². The lowest BCUT2D eigenvalue weighted by atomic mass is 10.1. The first-order chi connectivity index (χ1) is 16.4. The van der Waals surface area contributed by atoms with Crippen molar-refractivity contribution in [1.29, 1.82) is 0 Å². The fourth-order valence-electron chi connectivity index (χ4n) is 3.19. The number of benzene rings is 2. The van der Waals surface area contributed by atoms with Gasteiger partial charge in [0.25, 0.3) is 0 Å². The van der Waals surface area contributed by atoms with Crippen LogP contribution in [0.15, 0.2) is 76.2 Å². The van der Waals surface area contributed by atoms with Crippen molar-refractivity contribution >= 4 is 27.7 Å². The van der Waals surface area contributed by atoms with Crippen LogP contribution in [0.1, 0.15) is 39.0 Å². The van der Waals surface area contributed by atoms with Gasteiger partial charge in [-0.25, -0.2) is 4.79 Å². The largest absolute Gasteiger partial charge is 0.467 e. The lowest BCUT2D eigenvalue weighted by Crippen LogP contribution is -2.47. The van der Waals surface area contributed by atoms with E-state index in [2.05, 4.69) is 10.6 Å². The Bertz CT molecular complexity index is 1260. The summed E-state index contributed by atoms with van der Waals surface area (Å²) in [5.74, 6) is 0.473. The first kappa shape index (κ1) is 25.8. The summed E-state index contributed by atoms with van der Waals surface area (Å²) in [6.45, 7) is 7.46. The number of nitrogens with one attached hydrogen (secondary N) is 2. The number of carbonyl (C=O) groups excluding carboxylic acids is 2. The molecule has 35 heavy (non-hydrogen) atoms. The molecule has 0 aliphatic rings. The van der Waals surface area contributed by atoms with Gasteiger partial charge >= 0.3 is 16.1 Å². The zero-order valence-electron chi connectivity index (χ0n) is 20.1. The van der Waals surface area contributed by atoms with E-state index in [1.807, 2.05) is 20.8 Å². The molecule has 0 saturated heterocycles. The molecule has 3 amide bonds. The van der Waals surface area contributed by atoms with E-state index in [0.29, 0.717) is 17.0 Å².